The summed E-state index contributed by atoms with van der Waals surface area (Å²) in [5.41, 5.74) is -0.624. The molecule has 2 N–H and O–H groups in total. The topological polar surface area (TPSA) is 116 Å². The number of hydrogen-bond donors (Lipinski definition) is 2. The van der Waals surface area contributed by atoms with Crippen molar-refractivity contribution in [3.63, 3.8) is 0 Å². The summed E-state index contributed by atoms with van der Waals surface area (Å²) >= 11 is 0. The van der Waals surface area contributed by atoms with Crippen LogP contribution in [0.3, 0.4) is 0 Å². The smallest absolute Gasteiger partial charge is 0.325 e. The second-order valence-electron chi connectivity index (χ2n) is 8.27. The minimum Gasteiger partial charge on any atom is -0.325 e. The number of anilines is 1. The summed E-state index contributed by atoms with van der Waals surface area (Å²) < 4.78 is 40.0. The van der Waals surface area contributed by atoms with Crippen LogP contribution in [0.5, 0.6) is 0 Å². The molecule has 0 aliphatic carbocycles. The van der Waals surface area contributed by atoms with E-state index in [1.807, 2.05) is 0 Å². The first-order valence-corrected chi connectivity index (χ1v) is 12.4. The van der Waals surface area contributed by atoms with Crippen molar-refractivity contribution in [2.24, 2.45) is 0 Å². The minimum absolute atomic E-state index is 0.133. The van der Waals surface area contributed by atoms with E-state index in [1.165, 1.54) is 52.8 Å². The highest BCUT2D eigenvalue weighted by Gasteiger charge is 2.51. The lowest BCUT2D eigenvalue weighted by Gasteiger charge is -2.25. The zero-order chi connectivity index (χ0) is 24.5. The van der Waals surface area contributed by atoms with Crippen LogP contribution in [0.15, 0.2) is 53.4 Å². The van der Waals surface area contributed by atoms with Gasteiger partial charge in [-0.05, 0) is 61.2 Å². The zero-order valence-electron chi connectivity index (χ0n) is 18.6. The highest BCUT2D eigenvalue weighted by atomic mass is 32.2. The van der Waals surface area contributed by atoms with Gasteiger partial charge in [0.05, 0.1) is 4.90 Å². The molecule has 1 unspecified atom stereocenters. The van der Waals surface area contributed by atoms with Gasteiger partial charge in [-0.2, -0.15) is 4.31 Å². The van der Waals surface area contributed by atoms with E-state index in [4.69, 9.17) is 0 Å². The Balaban J connectivity index is 1.44. The molecule has 0 spiro atoms. The third-order valence-electron chi connectivity index (χ3n) is 6.19. The molecule has 4 amide bonds. The van der Waals surface area contributed by atoms with Crippen molar-refractivity contribution in [3.8, 4) is 0 Å². The van der Waals surface area contributed by atoms with Gasteiger partial charge < -0.3 is 10.6 Å². The first-order chi connectivity index (χ1) is 16.2. The molecule has 11 heteroatoms. The standard InChI is InChI=1S/C23H25FN4O5S/c1-2-23(16-5-7-17(24)8-6-16)21(30)28(22(31)26-23)15-20(29)25-18-9-11-19(12-10-18)34(32,33)27-13-3-4-14-27/h5-12H,2-4,13-15H2,1H3,(H,25,29)(H,26,31). The molecule has 2 heterocycles. The first kappa shape index (κ1) is 23.8. The number of nitrogens with zero attached hydrogens (tertiary/aromatic N) is 2. The van der Waals surface area contributed by atoms with E-state index in [0.29, 0.717) is 24.3 Å². The average molecular weight is 489 g/mol. The maximum Gasteiger partial charge on any atom is 0.325 e. The molecule has 9 nitrogen and oxygen atoms in total. The maximum absolute atomic E-state index is 13.3. The molecule has 2 saturated heterocycles. The molecule has 0 aromatic heterocycles. The third-order valence-corrected chi connectivity index (χ3v) is 8.10. The van der Waals surface area contributed by atoms with Gasteiger partial charge in [0.25, 0.3) is 5.91 Å². The number of benzene rings is 2. The highest BCUT2D eigenvalue weighted by molar-refractivity contribution is 7.89. The number of carbonyl (C=O) groups excluding carboxylic acids is 3. The SMILES string of the molecule is CCC1(c2ccc(F)cc2)NC(=O)N(CC(=O)Nc2ccc(S(=O)(=O)N3CCCC3)cc2)C1=O. The van der Waals surface area contributed by atoms with Gasteiger partial charge in [0, 0.05) is 18.8 Å². The second kappa shape index (κ2) is 9.15. The van der Waals surface area contributed by atoms with Crippen molar-refractivity contribution < 1.29 is 27.2 Å². The lowest BCUT2D eigenvalue weighted by molar-refractivity contribution is -0.134. The van der Waals surface area contributed by atoms with E-state index >= 15 is 0 Å². The number of nitrogens with one attached hydrogen (secondary N) is 2. The van der Waals surface area contributed by atoms with Crippen molar-refractivity contribution in [3.05, 3.63) is 59.9 Å². The monoisotopic (exact) mass is 488 g/mol. The summed E-state index contributed by atoms with van der Waals surface area (Å²) in [7, 11) is -3.57. The summed E-state index contributed by atoms with van der Waals surface area (Å²) in [5.74, 6) is -1.69. The molecule has 0 bridgehead atoms. The van der Waals surface area contributed by atoms with E-state index in [-0.39, 0.29) is 11.3 Å². The van der Waals surface area contributed by atoms with Gasteiger partial charge in [0.1, 0.15) is 17.9 Å². The number of amides is 4. The van der Waals surface area contributed by atoms with Crippen LogP contribution < -0.4 is 10.6 Å². The predicted molar refractivity (Wildman–Crippen MR) is 122 cm³/mol. The number of sulfonamides is 1. The van der Waals surface area contributed by atoms with E-state index in [1.54, 1.807) is 6.92 Å². The number of rotatable bonds is 7. The Morgan fingerprint density at radius 3 is 2.26 bits per heavy atom. The minimum atomic E-state index is -3.57. The highest BCUT2D eigenvalue weighted by Crippen LogP contribution is 2.32. The van der Waals surface area contributed by atoms with Crippen molar-refractivity contribution in [2.45, 2.75) is 36.6 Å². The molecule has 0 saturated carbocycles. The van der Waals surface area contributed by atoms with Crippen LogP contribution in [0.2, 0.25) is 0 Å². The van der Waals surface area contributed by atoms with E-state index in [0.717, 1.165) is 17.7 Å². The Bertz CT molecular complexity index is 1210. The number of imide groups is 1. The van der Waals surface area contributed by atoms with E-state index in [2.05, 4.69) is 10.6 Å². The molecule has 4 rings (SSSR count). The van der Waals surface area contributed by atoms with Crippen LogP contribution in [-0.2, 0) is 25.2 Å². The first-order valence-electron chi connectivity index (χ1n) is 11.0. The lowest BCUT2D eigenvalue weighted by Crippen LogP contribution is -2.44. The molecular formula is C23H25FN4O5S. The molecule has 0 radical (unpaired) electrons. The molecule has 2 fully saturated rings. The zero-order valence-corrected chi connectivity index (χ0v) is 19.4. The molecule has 2 aromatic carbocycles. The van der Waals surface area contributed by atoms with Crippen molar-refractivity contribution in [2.75, 3.05) is 25.0 Å². The van der Waals surface area contributed by atoms with Crippen LogP contribution >= 0.6 is 0 Å². The Morgan fingerprint density at radius 2 is 1.68 bits per heavy atom. The van der Waals surface area contributed by atoms with Gasteiger partial charge in [0.15, 0.2) is 0 Å². The molecule has 180 valence electrons. The molecule has 2 aliphatic heterocycles. The number of carbonyl (C=O) groups is 3. The van der Waals surface area contributed by atoms with Crippen LogP contribution in [0.25, 0.3) is 0 Å². The Morgan fingerprint density at radius 1 is 1.06 bits per heavy atom. The van der Waals surface area contributed by atoms with Gasteiger partial charge in [0.2, 0.25) is 15.9 Å². The molecule has 2 aromatic rings. The van der Waals surface area contributed by atoms with Crippen LogP contribution in [0.4, 0.5) is 14.9 Å². The molecule has 34 heavy (non-hydrogen) atoms. The molecular weight excluding hydrogens is 463 g/mol. The fourth-order valence-electron chi connectivity index (χ4n) is 4.28. The summed E-state index contributed by atoms with van der Waals surface area (Å²) in [5, 5.41) is 5.22. The summed E-state index contributed by atoms with van der Waals surface area (Å²) in [6.07, 6.45) is 1.88. The Labute approximate surface area is 197 Å². The average Bonchev–Trinajstić information content (AvgIpc) is 3.44. The molecule has 2 aliphatic rings. The largest absolute Gasteiger partial charge is 0.325 e. The maximum atomic E-state index is 13.3. The van der Waals surface area contributed by atoms with Crippen molar-refractivity contribution in [1.29, 1.82) is 0 Å². The van der Waals surface area contributed by atoms with Crippen LogP contribution in [-0.4, -0.2) is 55.1 Å². The van der Waals surface area contributed by atoms with Gasteiger partial charge >= 0.3 is 6.03 Å². The Kier molecular flexibility index (Phi) is 6.41. The van der Waals surface area contributed by atoms with Gasteiger partial charge in [-0.25, -0.2) is 17.6 Å². The summed E-state index contributed by atoms with van der Waals surface area (Å²) in [4.78, 5) is 39.2. The Hall–Kier alpha value is -3.31. The van der Waals surface area contributed by atoms with Gasteiger partial charge in [-0.15, -0.1) is 0 Å². The summed E-state index contributed by atoms with van der Waals surface area (Å²) in [6, 6.07) is 10.3. The van der Waals surface area contributed by atoms with Crippen LogP contribution in [0.1, 0.15) is 31.7 Å². The lowest BCUT2D eigenvalue weighted by atomic mass is 9.87. The van der Waals surface area contributed by atoms with Crippen molar-refractivity contribution >= 4 is 33.6 Å². The number of halogens is 1. The third kappa shape index (κ3) is 4.28. The normalized spacial score (nSPS) is 21.1. The van der Waals surface area contributed by atoms with Crippen LogP contribution in [0, 0.1) is 5.82 Å². The fraction of sp³-hybridized carbons (Fsp3) is 0.348. The summed E-state index contributed by atoms with van der Waals surface area (Å²) in [6.45, 7) is 2.16. The van der Waals surface area contributed by atoms with Gasteiger partial charge in [-0.1, -0.05) is 19.1 Å². The molecule has 1 atom stereocenters. The quantitative estimate of drug-likeness (QED) is 0.581. The predicted octanol–water partition coefficient (Wildman–Crippen LogP) is 2.41. The second-order valence-corrected chi connectivity index (χ2v) is 10.2. The number of urea groups is 1. The van der Waals surface area contributed by atoms with Crippen molar-refractivity contribution in [1.82, 2.24) is 14.5 Å². The number of hydrogen-bond acceptors (Lipinski definition) is 5. The van der Waals surface area contributed by atoms with Gasteiger partial charge in [-0.3, -0.25) is 14.5 Å². The van der Waals surface area contributed by atoms with E-state index in [9.17, 15) is 27.2 Å². The van der Waals surface area contributed by atoms with E-state index < -0.39 is 45.8 Å². The fourth-order valence-corrected chi connectivity index (χ4v) is 5.79.